The lowest BCUT2D eigenvalue weighted by Crippen LogP contribution is -2.33. The molecule has 4 nitrogen and oxygen atoms in total. The van der Waals surface area contributed by atoms with Crippen molar-refractivity contribution in [2.24, 2.45) is 0 Å². The highest BCUT2D eigenvalue weighted by Gasteiger charge is 2.19. The number of oxazole rings is 1. The molecule has 23 heavy (non-hydrogen) atoms. The van der Waals surface area contributed by atoms with Gasteiger partial charge in [-0.15, -0.1) is 0 Å². The fraction of sp³-hybridized carbons (Fsp3) is 0.471. The summed E-state index contributed by atoms with van der Waals surface area (Å²) >= 11 is 0. The molecule has 1 heterocycles. The van der Waals surface area contributed by atoms with E-state index in [0.29, 0.717) is 30.6 Å². The molecule has 1 aromatic heterocycles. The third kappa shape index (κ3) is 4.36. The fourth-order valence-corrected chi connectivity index (χ4v) is 2.27. The van der Waals surface area contributed by atoms with Crippen molar-refractivity contribution in [2.45, 2.75) is 33.4 Å². The zero-order valence-electron chi connectivity index (χ0n) is 13.9. The summed E-state index contributed by atoms with van der Waals surface area (Å²) < 4.78 is 37.9. The van der Waals surface area contributed by atoms with Crippen LogP contribution >= 0.6 is 0 Å². The number of hydrogen-bond acceptors (Lipinski definition) is 4. The minimum Gasteiger partial charge on any atom is -0.441 e. The second kappa shape index (κ2) is 7.66. The van der Waals surface area contributed by atoms with E-state index < -0.39 is 11.6 Å². The molecule has 6 heteroatoms. The number of methoxy groups -OCH3 is 1. The van der Waals surface area contributed by atoms with Gasteiger partial charge in [0.05, 0.1) is 17.9 Å². The second-order valence-corrected chi connectivity index (χ2v) is 5.70. The van der Waals surface area contributed by atoms with Gasteiger partial charge in [-0.05, 0) is 39.0 Å². The highest BCUT2D eigenvalue weighted by Crippen LogP contribution is 2.26. The summed E-state index contributed by atoms with van der Waals surface area (Å²) in [4.78, 5) is 6.54. The normalized spacial score (nSPS) is 11.7. The number of rotatable bonds is 7. The summed E-state index contributed by atoms with van der Waals surface area (Å²) in [5, 5.41) is 0. The molecule has 0 saturated carbocycles. The largest absolute Gasteiger partial charge is 0.441 e. The number of aryl methyl sites for hydroxylation is 1. The first-order valence-electron chi connectivity index (χ1n) is 7.57. The smallest absolute Gasteiger partial charge is 0.229 e. The second-order valence-electron chi connectivity index (χ2n) is 5.70. The van der Waals surface area contributed by atoms with Gasteiger partial charge in [0.15, 0.2) is 0 Å². The van der Waals surface area contributed by atoms with Crippen LogP contribution in [0.2, 0.25) is 0 Å². The Bertz CT molecular complexity index is 656. The monoisotopic (exact) mass is 324 g/mol. The molecule has 0 radical (unpaired) electrons. The summed E-state index contributed by atoms with van der Waals surface area (Å²) in [6, 6.07) is 3.54. The molecule has 2 rings (SSSR count). The van der Waals surface area contributed by atoms with Crippen LogP contribution < -0.4 is 0 Å². The fourth-order valence-electron chi connectivity index (χ4n) is 2.27. The topological polar surface area (TPSA) is 38.5 Å². The van der Waals surface area contributed by atoms with Gasteiger partial charge < -0.3 is 9.15 Å². The third-order valence-corrected chi connectivity index (χ3v) is 3.72. The van der Waals surface area contributed by atoms with Gasteiger partial charge in [-0.3, -0.25) is 4.90 Å². The molecule has 1 aromatic carbocycles. The molecule has 0 aliphatic carbocycles. The van der Waals surface area contributed by atoms with Crippen LogP contribution in [0.1, 0.15) is 25.3 Å². The SMILES string of the molecule is COCCN(Cc1nc(-c2cc(F)ccc2F)oc1C)C(C)C. The minimum absolute atomic E-state index is 0.0346. The Morgan fingerprint density at radius 2 is 2.04 bits per heavy atom. The molecule has 2 aromatic rings. The minimum atomic E-state index is -0.556. The standard InChI is InChI=1S/C17H22F2N2O2/c1-11(2)21(7-8-22-4)10-16-12(3)23-17(20-16)14-9-13(18)5-6-15(14)19/h5-6,9,11H,7-8,10H2,1-4H3. The van der Waals surface area contributed by atoms with Crippen LogP contribution in [0.4, 0.5) is 8.78 Å². The van der Waals surface area contributed by atoms with Gasteiger partial charge in [0.25, 0.3) is 0 Å². The zero-order chi connectivity index (χ0) is 17.0. The van der Waals surface area contributed by atoms with Crippen molar-refractivity contribution in [1.29, 1.82) is 0 Å². The highest BCUT2D eigenvalue weighted by molar-refractivity contribution is 5.54. The van der Waals surface area contributed by atoms with Crippen LogP contribution in [-0.4, -0.2) is 36.2 Å². The predicted octanol–water partition coefficient (Wildman–Crippen LogP) is 3.79. The molecular weight excluding hydrogens is 302 g/mol. The van der Waals surface area contributed by atoms with E-state index in [0.717, 1.165) is 24.7 Å². The predicted molar refractivity (Wildman–Crippen MR) is 84.0 cm³/mol. The molecule has 0 N–H and O–H groups in total. The molecule has 0 aliphatic heterocycles. The van der Waals surface area contributed by atoms with Gasteiger partial charge in [0, 0.05) is 26.2 Å². The Kier molecular flexibility index (Phi) is 5.85. The van der Waals surface area contributed by atoms with E-state index in [1.54, 1.807) is 14.0 Å². The van der Waals surface area contributed by atoms with Gasteiger partial charge in [0.1, 0.15) is 17.4 Å². The molecule has 0 saturated heterocycles. The number of aromatic nitrogens is 1. The number of ether oxygens (including phenoxy) is 1. The van der Waals surface area contributed by atoms with Crippen molar-refractivity contribution in [2.75, 3.05) is 20.3 Å². The molecule has 0 aliphatic rings. The molecule has 0 amide bonds. The first kappa shape index (κ1) is 17.6. The van der Waals surface area contributed by atoms with Crippen molar-refractivity contribution in [3.63, 3.8) is 0 Å². The van der Waals surface area contributed by atoms with E-state index in [2.05, 4.69) is 23.7 Å². The Balaban J connectivity index is 2.25. The van der Waals surface area contributed by atoms with Crippen LogP contribution in [-0.2, 0) is 11.3 Å². The average molecular weight is 324 g/mol. The summed E-state index contributed by atoms with van der Waals surface area (Å²) in [7, 11) is 1.66. The van der Waals surface area contributed by atoms with Gasteiger partial charge in [-0.2, -0.15) is 0 Å². The van der Waals surface area contributed by atoms with Crippen LogP contribution in [0.15, 0.2) is 22.6 Å². The van der Waals surface area contributed by atoms with Crippen molar-refractivity contribution in [3.05, 3.63) is 41.3 Å². The lowest BCUT2D eigenvalue weighted by atomic mass is 10.2. The van der Waals surface area contributed by atoms with Crippen LogP contribution in [0.25, 0.3) is 11.5 Å². The zero-order valence-corrected chi connectivity index (χ0v) is 13.9. The maximum atomic E-state index is 13.9. The molecule has 0 spiro atoms. The Hall–Kier alpha value is -1.79. The average Bonchev–Trinajstić information content (AvgIpc) is 2.86. The maximum absolute atomic E-state index is 13.9. The molecule has 0 atom stereocenters. The van der Waals surface area contributed by atoms with Gasteiger partial charge in [0.2, 0.25) is 5.89 Å². The quantitative estimate of drug-likeness (QED) is 0.777. The van der Waals surface area contributed by atoms with E-state index in [1.165, 1.54) is 0 Å². The molecule has 0 bridgehead atoms. The summed E-state index contributed by atoms with van der Waals surface area (Å²) in [5.74, 6) is -0.376. The molecular formula is C17H22F2N2O2. The van der Waals surface area contributed by atoms with Crippen LogP contribution in [0.3, 0.4) is 0 Å². The van der Waals surface area contributed by atoms with Gasteiger partial charge in [-0.1, -0.05) is 0 Å². The van der Waals surface area contributed by atoms with Crippen molar-refractivity contribution < 1.29 is 17.9 Å². The van der Waals surface area contributed by atoms with Crippen LogP contribution in [0, 0.1) is 18.6 Å². The Labute approximate surface area is 135 Å². The van der Waals surface area contributed by atoms with E-state index in [1.807, 2.05) is 0 Å². The van der Waals surface area contributed by atoms with Gasteiger partial charge >= 0.3 is 0 Å². The lowest BCUT2D eigenvalue weighted by Gasteiger charge is -2.25. The first-order valence-corrected chi connectivity index (χ1v) is 7.57. The van der Waals surface area contributed by atoms with E-state index in [-0.39, 0.29) is 11.5 Å². The highest BCUT2D eigenvalue weighted by atomic mass is 19.1. The third-order valence-electron chi connectivity index (χ3n) is 3.72. The first-order chi connectivity index (χ1) is 10.9. The van der Waals surface area contributed by atoms with Crippen LogP contribution in [0.5, 0.6) is 0 Å². The molecule has 0 unspecified atom stereocenters. The summed E-state index contributed by atoms with van der Waals surface area (Å²) in [6.45, 7) is 7.87. The van der Waals surface area contributed by atoms with Crippen molar-refractivity contribution in [1.82, 2.24) is 9.88 Å². The van der Waals surface area contributed by atoms with Gasteiger partial charge in [-0.25, -0.2) is 13.8 Å². The van der Waals surface area contributed by atoms with E-state index in [9.17, 15) is 8.78 Å². The van der Waals surface area contributed by atoms with E-state index >= 15 is 0 Å². The number of nitrogens with zero attached hydrogens (tertiary/aromatic N) is 2. The number of hydrogen-bond donors (Lipinski definition) is 0. The lowest BCUT2D eigenvalue weighted by molar-refractivity contribution is 0.124. The van der Waals surface area contributed by atoms with Crippen molar-refractivity contribution in [3.8, 4) is 11.5 Å². The molecule has 0 fully saturated rings. The summed E-state index contributed by atoms with van der Waals surface area (Å²) in [5.41, 5.74) is 0.751. The summed E-state index contributed by atoms with van der Waals surface area (Å²) in [6.07, 6.45) is 0. The molecule has 126 valence electrons. The van der Waals surface area contributed by atoms with E-state index in [4.69, 9.17) is 9.15 Å². The van der Waals surface area contributed by atoms with Crippen molar-refractivity contribution >= 4 is 0 Å². The number of benzene rings is 1. The number of halogens is 2. The Morgan fingerprint density at radius 1 is 1.30 bits per heavy atom. The Morgan fingerprint density at radius 3 is 2.70 bits per heavy atom. The maximum Gasteiger partial charge on any atom is 0.229 e.